The molecule has 0 saturated heterocycles. The quantitative estimate of drug-likeness (QED) is 0.917. The van der Waals surface area contributed by atoms with Gasteiger partial charge in [-0.2, -0.15) is 13.2 Å². The van der Waals surface area contributed by atoms with Crippen molar-refractivity contribution in [1.82, 2.24) is 5.32 Å². The van der Waals surface area contributed by atoms with Crippen LogP contribution in [0.3, 0.4) is 0 Å². The second kappa shape index (κ2) is 4.77. The van der Waals surface area contributed by atoms with E-state index in [0.717, 1.165) is 0 Å². The first-order valence-corrected chi connectivity index (χ1v) is 5.69. The average Bonchev–Trinajstić information content (AvgIpc) is 2.63. The van der Waals surface area contributed by atoms with Gasteiger partial charge in [-0.1, -0.05) is 11.6 Å². The van der Waals surface area contributed by atoms with E-state index in [0.29, 0.717) is 21.6 Å². The largest absolute Gasteiger partial charge is 0.451 e. The number of hydrogen-bond donors (Lipinski definition) is 1. The molecule has 0 saturated carbocycles. The summed E-state index contributed by atoms with van der Waals surface area (Å²) in [7, 11) is 0. The van der Waals surface area contributed by atoms with Gasteiger partial charge >= 0.3 is 6.18 Å². The summed E-state index contributed by atoms with van der Waals surface area (Å²) in [5.74, 6) is -1.04. The first kappa shape index (κ1) is 13.7. The highest BCUT2D eigenvalue weighted by atomic mass is 35.5. The molecule has 0 aliphatic heterocycles. The van der Waals surface area contributed by atoms with Gasteiger partial charge in [0.25, 0.3) is 5.91 Å². The highest BCUT2D eigenvalue weighted by Gasteiger charge is 2.29. The van der Waals surface area contributed by atoms with Gasteiger partial charge in [0, 0.05) is 16.0 Å². The fourth-order valence-corrected chi connectivity index (χ4v) is 1.84. The predicted octanol–water partition coefficient (Wildman–Crippen LogP) is 3.69. The molecule has 1 N–H and O–H groups in total. The van der Waals surface area contributed by atoms with Crippen LogP contribution in [0.4, 0.5) is 13.2 Å². The second-order valence-corrected chi connectivity index (χ2v) is 4.43. The number of hydrogen-bond acceptors (Lipinski definition) is 2. The summed E-state index contributed by atoms with van der Waals surface area (Å²) < 4.78 is 41.3. The number of aryl methyl sites for hydroxylation is 1. The van der Waals surface area contributed by atoms with Crippen molar-refractivity contribution in [1.29, 1.82) is 0 Å². The molecule has 0 aliphatic rings. The molecule has 0 radical (unpaired) electrons. The minimum Gasteiger partial charge on any atom is -0.451 e. The zero-order valence-corrected chi connectivity index (χ0v) is 10.5. The average molecular weight is 292 g/mol. The van der Waals surface area contributed by atoms with E-state index in [1.807, 2.05) is 0 Å². The number of fused-ring (bicyclic) bond motifs is 1. The monoisotopic (exact) mass is 291 g/mol. The van der Waals surface area contributed by atoms with Crippen molar-refractivity contribution in [2.24, 2.45) is 0 Å². The number of furan rings is 1. The van der Waals surface area contributed by atoms with Crippen LogP contribution < -0.4 is 5.32 Å². The number of rotatable bonds is 2. The molecule has 0 bridgehead atoms. The normalized spacial score (nSPS) is 11.8. The molecular formula is C12H9ClF3NO2. The van der Waals surface area contributed by atoms with E-state index in [2.05, 4.69) is 0 Å². The molecule has 2 rings (SSSR count). The number of alkyl halides is 3. The first-order chi connectivity index (χ1) is 8.78. The van der Waals surface area contributed by atoms with Gasteiger partial charge in [-0.25, -0.2) is 0 Å². The zero-order valence-electron chi connectivity index (χ0n) is 9.77. The highest BCUT2D eigenvalue weighted by molar-refractivity contribution is 6.31. The van der Waals surface area contributed by atoms with Gasteiger partial charge in [0.1, 0.15) is 12.1 Å². The highest BCUT2D eigenvalue weighted by Crippen LogP contribution is 2.27. The zero-order chi connectivity index (χ0) is 14.2. The van der Waals surface area contributed by atoms with Crippen LogP contribution in [0.1, 0.15) is 16.1 Å². The SMILES string of the molecule is Cc1c(C(=O)NCC(F)(F)F)oc2ccc(Cl)cc12. The van der Waals surface area contributed by atoms with E-state index < -0.39 is 18.6 Å². The Balaban J connectivity index is 2.30. The lowest BCUT2D eigenvalue weighted by Gasteiger charge is -2.06. The Bertz CT molecular complexity index is 634. The van der Waals surface area contributed by atoms with E-state index in [1.165, 1.54) is 0 Å². The molecule has 2 aromatic rings. The van der Waals surface area contributed by atoms with Crippen LogP contribution >= 0.6 is 11.6 Å². The Hall–Kier alpha value is -1.69. The molecule has 1 amide bonds. The van der Waals surface area contributed by atoms with Crippen LogP contribution in [0.2, 0.25) is 5.02 Å². The van der Waals surface area contributed by atoms with E-state index in [1.54, 1.807) is 30.4 Å². The maximum Gasteiger partial charge on any atom is 0.405 e. The van der Waals surface area contributed by atoms with Gasteiger partial charge in [-0.3, -0.25) is 4.79 Å². The van der Waals surface area contributed by atoms with Crippen LogP contribution in [-0.2, 0) is 0 Å². The smallest absolute Gasteiger partial charge is 0.405 e. The lowest BCUT2D eigenvalue weighted by Crippen LogP contribution is -2.33. The third-order valence-electron chi connectivity index (χ3n) is 2.55. The molecule has 3 nitrogen and oxygen atoms in total. The Morgan fingerprint density at radius 3 is 2.74 bits per heavy atom. The van der Waals surface area contributed by atoms with Crippen molar-refractivity contribution in [2.75, 3.05) is 6.54 Å². The third kappa shape index (κ3) is 3.01. The topological polar surface area (TPSA) is 42.2 Å². The minimum absolute atomic E-state index is 0.137. The van der Waals surface area contributed by atoms with Crippen molar-refractivity contribution < 1.29 is 22.4 Å². The van der Waals surface area contributed by atoms with Gasteiger partial charge < -0.3 is 9.73 Å². The van der Waals surface area contributed by atoms with E-state index in [-0.39, 0.29) is 5.76 Å². The Kier molecular flexibility index (Phi) is 3.45. The molecule has 7 heteroatoms. The van der Waals surface area contributed by atoms with E-state index >= 15 is 0 Å². The summed E-state index contributed by atoms with van der Waals surface area (Å²) in [6.45, 7) is 0.188. The Labute approximate surface area is 111 Å². The number of amides is 1. The third-order valence-corrected chi connectivity index (χ3v) is 2.79. The molecule has 19 heavy (non-hydrogen) atoms. The van der Waals surface area contributed by atoms with Crippen molar-refractivity contribution in [3.8, 4) is 0 Å². The van der Waals surface area contributed by atoms with Gasteiger partial charge in [0.2, 0.25) is 0 Å². The van der Waals surface area contributed by atoms with Gasteiger partial charge in [0.15, 0.2) is 5.76 Å². The molecule has 0 fully saturated rings. The number of benzene rings is 1. The van der Waals surface area contributed by atoms with E-state index in [9.17, 15) is 18.0 Å². The van der Waals surface area contributed by atoms with Crippen molar-refractivity contribution in [2.45, 2.75) is 13.1 Å². The van der Waals surface area contributed by atoms with Crippen LogP contribution in [0, 0.1) is 6.92 Å². The summed E-state index contributed by atoms with van der Waals surface area (Å²) in [6, 6.07) is 4.73. The minimum atomic E-state index is -4.46. The number of nitrogens with one attached hydrogen (secondary N) is 1. The standard InChI is InChI=1S/C12H9ClF3NO2/c1-6-8-4-7(13)2-3-9(8)19-10(6)11(18)17-5-12(14,15)16/h2-4H,5H2,1H3,(H,17,18). The van der Waals surface area contributed by atoms with Crippen LogP contribution in [0.5, 0.6) is 0 Å². The molecule has 0 spiro atoms. The lowest BCUT2D eigenvalue weighted by atomic mass is 10.1. The lowest BCUT2D eigenvalue weighted by molar-refractivity contribution is -0.123. The van der Waals surface area contributed by atoms with Gasteiger partial charge in [0.05, 0.1) is 0 Å². The summed E-state index contributed by atoms with van der Waals surface area (Å²) in [5.41, 5.74) is 0.858. The first-order valence-electron chi connectivity index (χ1n) is 5.31. The maximum atomic E-state index is 12.0. The molecule has 1 heterocycles. The summed E-state index contributed by atoms with van der Waals surface area (Å²) in [4.78, 5) is 11.6. The second-order valence-electron chi connectivity index (χ2n) is 3.99. The van der Waals surface area contributed by atoms with Crippen LogP contribution in [0.15, 0.2) is 22.6 Å². The van der Waals surface area contributed by atoms with Crippen LogP contribution in [0.25, 0.3) is 11.0 Å². The van der Waals surface area contributed by atoms with Crippen molar-refractivity contribution >= 4 is 28.5 Å². The molecule has 1 aromatic heterocycles. The Morgan fingerprint density at radius 2 is 2.11 bits per heavy atom. The number of halogens is 4. The predicted molar refractivity (Wildman–Crippen MR) is 64.3 cm³/mol. The summed E-state index contributed by atoms with van der Waals surface area (Å²) in [6.07, 6.45) is -4.46. The van der Waals surface area contributed by atoms with Crippen molar-refractivity contribution in [3.05, 3.63) is 34.5 Å². The fraction of sp³-hybridized carbons (Fsp3) is 0.250. The van der Waals surface area contributed by atoms with Crippen LogP contribution in [-0.4, -0.2) is 18.6 Å². The van der Waals surface area contributed by atoms with Gasteiger partial charge in [-0.05, 0) is 25.1 Å². The maximum absolute atomic E-state index is 12.0. The summed E-state index contributed by atoms with van der Waals surface area (Å²) >= 11 is 5.81. The van der Waals surface area contributed by atoms with Crippen molar-refractivity contribution in [3.63, 3.8) is 0 Å². The number of carbonyl (C=O) groups is 1. The fourth-order valence-electron chi connectivity index (χ4n) is 1.67. The Morgan fingerprint density at radius 1 is 1.42 bits per heavy atom. The summed E-state index contributed by atoms with van der Waals surface area (Å²) in [5, 5.41) is 2.82. The molecule has 1 aromatic carbocycles. The molecule has 0 unspecified atom stereocenters. The van der Waals surface area contributed by atoms with E-state index in [4.69, 9.17) is 16.0 Å². The van der Waals surface area contributed by atoms with Gasteiger partial charge in [-0.15, -0.1) is 0 Å². The molecule has 102 valence electrons. The molecule has 0 aliphatic carbocycles. The molecular weight excluding hydrogens is 283 g/mol. The molecule has 0 atom stereocenters. The number of carbonyl (C=O) groups excluding carboxylic acids is 1.